The van der Waals surface area contributed by atoms with Gasteiger partial charge in [-0.2, -0.15) is 5.10 Å². The van der Waals surface area contributed by atoms with Crippen molar-refractivity contribution in [3.8, 4) is 11.3 Å². The fraction of sp³-hybridized carbons (Fsp3) is 0.435. The fourth-order valence-electron chi connectivity index (χ4n) is 4.22. The molecule has 4 rings (SSSR count). The van der Waals surface area contributed by atoms with Crippen molar-refractivity contribution in [2.24, 2.45) is 7.05 Å². The smallest absolute Gasteiger partial charge is 0.155 e. The van der Waals surface area contributed by atoms with E-state index < -0.39 is 0 Å². The molecule has 0 spiro atoms. The Kier molecular flexibility index (Phi) is 7.62. The van der Waals surface area contributed by atoms with Crippen LogP contribution in [0, 0.1) is 19.7 Å². The molecule has 2 aromatic heterocycles. The molecule has 1 aromatic carbocycles. The van der Waals surface area contributed by atoms with Crippen molar-refractivity contribution in [2.75, 3.05) is 37.6 Å². The highest BCUT2D eigenvalue weighted by Crippen LogP contribution is 2.27. The van der Waals surface area contributed by atoms with Crippen molar-refractivity contribution in [3.05, 3.63) is 59.4 Å². The lowest BCUT2D eigenvalue weighted by Gasteiger charge is -2.36. The number of nitrogens with zero attached hydrogens (tertiary/aromatic N) is 6. The molecule has 31 heavy (non-hydrogen) atoms. The Balaban J connectivity index is 0.00000272. The van der Waals surface area contributed by atoms with E-state index in [1.165, 1.54) is 23.4 Å². The number of hydrogen-bond acceptors (Lipinski definition) is 5. The molecule has 1 aliphatic rings. The minimum absolute atomic E-state index is 0. The highest BCUT2D eigenvalue weighted by atomic mass is 35.5. The lowest BCUT2D eigenvalue weighted by molar-refractivity contribution is 0.254. The van der Waals surface area contributed by atoms with E-state index in [0.29, 0.717) is 0 Å². The molecule has 0 radical (unpaired) electrons. The highest BCUT2D eigenvalue weighted by Gasteiger charge is 2.21. The van der Waals surface area contributed by atoms with E-state index in [4.69, 9.17) is 0 Å². The van der Waals surface area contributed by atoms with Gasteiger partial charge in [0.2, 0.25) is 0 Å². The lowest BCUT2D eigenvalue weighted by atomic mass is 10.1. The normalized spacial score (nSPS) is 14.5. The van der Waals surface area contributed by atoms with Gasteiger partial charge < -0.3 is 4.90 Å². The zero-order valence-corrected chi connectivity index (χ0v) is 19.2. The molecule has 1 aliphatic heterocycles. The van der Waals surface area contributed by atoms with Gasteiger partial charge in [0, 0.05) is 56.9 Å². The van der Waals surface area contributed by atoms with Crippen molar-refractivity contribution in [2.45, 2.75) is 26.7 Å². The van der Waals surface area contributed by atoms with Crippen LogP contribution in [0.4, 0.5) is 10.2 Å². The third-order valence-electron chi connectivity index (χ3n) is 6.03. The molecule has 8 heteroatoms. The van der Waals surface area contributed by atoms with Crippen molar-refractivity contribution in [1.82, 2.24) is 24.6 Å². The second kappa shape index (κ2) is 10.2. The van der Waals surface area contributed by atoms with Crippen LogP contribution in [0.3, 0.4) is 0 Å². The molecule has 0 amide bonds. The number of rotatable bonds is 6. The minimum atomic E-state index is -0.241. The van der Waals surface area contributed by atoms with Gasteiger partial charge in [0.05, 0.1) is 5.69 Å². The van der Waals surface area contributed by atoms with E-state index in [1.54, 1.807) is 24.5 Å². The Morgan fingerprint density at radius 3 is 2.29 bits per heavy atom. The van der Waals surface area contributed by atoms with Crippen LogP contribution < -0.4 is 4.90 Å². The molecular formula is C23H30ClFN6. The number of aryl methyl sites for hydroxylation is 2. The quantitative estimate of drug-likeness (QED) is 0.578. The molecule has 0 N–H and O–H groups in total. The van der Waals surface area contributed by atoms with Gasteiger partial charge in [-0.15, -0.1) is 12.4 Å². The first-order valence-electron chi connectivity index (χ1n) is 10.6. The largest absolute Gasteiger partial charge is 0.352 e. The maximum atomic E-state index is 13.3. The van der Waals surface area contributed by atoms with Crippen LogP contribution in [0.15, 0.2) is 36.7 Å². The summed E-state index contributed by atoms with van der Waals surface area (Å²) in [6.07, 6.45) is 5.64. The molecule has 166 valence electrons. The van der Waals surface area contributed by atoms with E-state index in [1.807, 2.05) is 11.7 Å². The summed E-state index contributed by atoms with van der Waals surface area (Å²) in [5, 5.41) is 4.52. The topological polar surface area (TPSA) is 50.1 Å². The van der Waals surface area contributed by atoms with Gasteiger partial charge >= 0.3 is 0 Å². The van der Waals surface area contributed by atoms with Gasteiger partial charge in [-0.3, -0.25) is 14.6 Å². The zero-order valence-electron chi connectivity index (χ0n) is 18.4. The summed E-state index contributed by atoms with van der Waals surface area (Å²) < 4.78 is 15.3. The van der Waals surface area contributed by atoms with Gasteiger partial charge in [-0.25, -0.2) is 9.37 Å². The van der Waals surface area contributed by atoms with Crippen LogP contribution in [0.25, 0.3) is 11.3 Å². The van der Waals surface area contributed by atoms with Crippen LogP contribution in [0.5, 0.6) is 0 Å². The molecule has 3 aromatic rings. The van der Waals surface area contributed by atoms with Crippen molar-refractivity contribution < 1.29 is 4.39 Å². The number of benzene rings is 1. The summed E-state index contributed by atoms with van der Waals surface area (Å²) in [6.45, 7) is 9.17. The van der Waals surface area contributed by atoms with Gasteiger partial charge in [0.15, 0.2) is 5.82 Å². The number of piperazine rings is 1. The predicted octanol–water partition coefficient (Wildman–Crippen LogP) is 3.81. The van der Waals surface area contributed by atoms with Crippen LogP contribution in [0.2, 0.25) is 0 Å². The molecular weight excluding hydrogens is 415 g/mol. The van der Waals surface area contributed by atoms with E-state index in [9.17, 15) is 4.39 Å². The van der Waals surface area contributed by atoms with Crippen LogP contribution in [-0.2, 0) is 13.5 Å². The summed E-state index contributed by atoms with van der Waals surface area (Å²) >= 11 is 0. The molecule has 1 fully saturated rings. The standard InChI is InChI=1S/C23H29FN6.ClH/c1-17-21(18(2)28(3)27-17)5-4-12-29-13-15-30(16-14-29)23-22(25-10-11-26-23)19-6-8-20(24)9-7-19;/h6-11H,4-5,12-16H2,1-3H3;1H. The Labute approximate surface area is 189 Å². The number of aromatic nitrogens is 4. The second-order valence-electron chi connectivity index (χ2n) is 7.94. The molecule has 0 atom stereocenters. The molecule has 0 saturated carbocycles. The third kappa shape index (κ3) is 5.22. The van der Waals surface area contributed by atoms with Crippen molar-refractivity contribution in [3.63, 3.8) is 0 Å². The number of anilines is 1. The summed E-state index contributed by atoms with van der Waals surface area (Å²) in [4.78, 5) is 13.9. The SMILES string of the molecule is Cc1nn(C)c(C)c1CCCN1CCN(c2nccnc2-c2ccc(F)cc2)CC1.Cl. The second-order valence-corrected chi connectivity index (χ2v) is 7.94. The Morgan fingerprint density at radius 2 is 1.65 bits per heavy atom. The Hall–Kier alpha value is -2.51. The average molecular weight is 445 g/mol. The number of hydrogen-bond donors (Lipinski definition) is 0. The van der Waals surface area contributed by atoms with E-state index in [-0.39, 0.29) is 18.2 Å². The van der Waals surface area contributed by atoms with Gasteiger partial charge in [0.1, 0.15) is 11.5 Å². The predicted molar refractivity (Wildman–Crippen MR) is 124 cm³/mol. The first-order valence-corrected chi connectivity index (χ1v) is 10.6. The third-order valence-corrected chi connectivity index (χ3v) is 6.03. The monoisotopic (exact) mass is 444 g/mol. The minimum Gasteiger partial charge on any atom is -0.352 e. The maximum absolute atomic E-state index is 13.3. The lowest BCUT2D eigenvalue weighted by Crippen LogP contribution is -2.47. The maximum Gasteiger partial charge on any atom is 0.155 e. The van der Waals surface area contributed by atoms with E-state index in [0.717, 1.165) is 68.3 Å². The summed E-state index contributed by atoms with van der Waals surface area (Å²) in [5.74, 6) is 0.639. The molecule has 0 unspecified atom stereocenters. The van der Waals surface area contributed by atoms with Crippen LogP contribution in [0.1, 0.15) is 23.4 Å². The van der Waals surface area contributed by atoms with E-state index >= 15 is 0 Å². The Bertz CT molecular complexity index is 996. The van der Waals surface area contributed by atoms with Crippen molar-refractivity contribution >= 4 is 18.2 Å². The van der Waals surface area contributed by atoms with E-state index in [2.05, 4.69) is 38.7 Å². The Morgan fingerprint density at radius 1 is 0.968 bits per heavy atom. The fourth-order valence-corrected chi connectivity index (χ4v) is 4.22. The number of halogens is 2. The average Bonchev–Trinajstić information content (AvgIpc) is 3.01. The summed E-state index contributed by atoms with van der Waals surface area (Å²) in [6, 6.07) is 6.47. The molecule has 0 aliphatic carbocycles. The van der Waals surface area contributed by atoms with Crippen LogP contribution >= 0.6 is 12.4 Å². The highest BCUT2D eigenvalue weighted by molar-refractivity contribution is 5.85. The first-order chi connectivity index (χ1) is 14.5. The summed E-state index contributed by atoms with van der Waals surface area (Å²) in [7, 11) is 2.01. The first kappa shape index (κ1) is 23.2. The van der Waals surface area contributed by atoms with Crippen molar-refractivity contribution in [1.29, 1.82) is 0 Å². The molecule has 0 bridgehead atoms. The van der Waals surface area contributed by atoms with Gasteiger partial charge in [-0.05, 0) is 63.1 Å². The van der Waals surface area contributed by atoms with Crippen LogP contribution in [-0.4, -0.2) is 57.4 Å². The van der Waals surface area contributed by atoms with Gasteiger partial charge in [-0.1, -0.05) is 0 Å². The van der Waals surface area contributed by atoms with Gasteiger partial charge in [0.25, 0.3) is 0 Å². The zero-order chi connectivity index (χ0) is 21.1. The molecule has 3 heterocycles. The molecule has 6 nitrogen and oxygen atoms in total. The molecule has 1 saturated heterocycles. The summed E-state index contributed by atoms with van der Waals surface area (Å²) in [5.41, 5.74) is 5.52.